The summed E-state index contributed by atoms with van der Waals surface area (Å²) in [5.74, 6) is 0.840. The number of nitriles is 1. The fourth-order valence-electron chi connectivity index (χ4n) is 3.17. The standard InChI is InChI=1S/C15H27N3/c1-12-9-13(2)18(10-12)8-4-7-15(3,11-16)17-14-5-6-14/h12-14,17H,4-10H2,1-3H3. The number of nitrogens with one attached hydrogen (secondary N) is 1. The van der Waals surface area contributed by atoms with Crippen molar-refractivity contribution in [3.05, 3.63) is 0 Å². The van der Waals surface area contributed by atoms with Gasteiger partial charge in [0.15, 0.2) is 0 Å². The minimum atomic E-state index is -0.310. The first-order chi connectivity index (χ1) is 8.52. The van der Waals surface area contributed by atoms with Gasteiger partial charge in [-0.25, -0.2) is 0 Å². The first kappa shape index (κ1) is 13.8. The average molecular weight is 249 g/mol. The lowest BCUT2D eigenvalue weighted by molar-refractivity contribution is 0.249. The summed E-state index contributed by atoms with van der Waals surface area (Å²) in [4.78, 5) is 2.58. The van der Waals surface area contributed by atoms with E-state index in [-0.39, 0.29) is 5.54 Å². The molecular weight excluding hydrogens is 222 g/mol. The van der Waals surface area contributed by atoms with Crippen LogP contribution in [0.25, 0.3) is 0 Å². The normalized spacial score (nSPS) is 32.1. The van der Waals surface area contributed by atoms with Crippen LogP contribution >= 0.6 is 0 Å². The highest BCUT2D eigenvalue weighted by molar-refractivity contribution is 5.07. The number of rotatable bonds is 6. The van der Waals surface area contributed by atoms with Gasteiger partial charge >= 0.3 is 0 Å². The third kappa shape index (κ3) is 3.70. The van der Waals surface area contributed by atoms with Crippen molar-refractivity contribution >= 4 is 0 Å². The maximum atomic E-state index is 9.32. The average Bonchev–Trinajstić information content (AvgIpc) is 3.05. The van der Waals surface area contributed by atoms with Gasteiger partial charge < -0.3 is 4.90 Å². The van der Waals surface area contributed by atoms with Crippen molar-refractivity contribution in [2.75, 3.05) is 13.1 Å². The van der Waals surface area contributed by atoms with E-state index in [0.29, 0.717) is 6.04 Å². The maximum Gasteiger partial charge on any atom is 0.104 e. The quantitative estimate of drug-likeness (QED) is 0.786. The van der Waals surface area contributed by atoms with Gasteiger partial charge in [0.1, 0.15) is 5.54 Å². The molecule has 1 aliphatic heterocycles. The molecule has 0 aromatic carbocycles. The summed E-state index contributed by atoms with van der Waals surface area (Å²) >= 11 is 0. The largest absolute Gasteiger partial charge is 0.300 e. The van der Waals surface area contributed by atoms with Crippen LogP contribution in [0.5, 0.6) is 0 Å². The van der Waals surface area contributed by atoms with Crippen molar-refractivity contribution in [2.24, 2.45) is 5.92 Å². The Balaban J connectivity index is 1.71. The van der Waals surface area contributed by atoms with Gasteiger partial charge in [-0.15, -0.1) is 0 Å². The van der Waals surface area contributed by atoms with Crippen molar-refractivity contribution in [1.82, 2.24) is 10.2 Å². The molecular formula is C15H27N3. The summed E-state index contributed by atoms with van der Waals surface area (Å²) in [6.07, 6.45) is 5.92. The number of hydrogen-bond donors (Lipinski definition) is 1. The van der Waals surface area contributed by atoms with E-state index in [9.17, 15) is 5.26 Å². The van der Waals surface area contributed by atoms with Gasteiger partial charge in [-0.05, 0) is 58.4 Å². The summed E-state index contributed by atoms with van der Waals surface area (Å²) < 4.78 is 0. The van der Waals surface area contributed by atoms with Crippen molar-refractivity contribution in [2.45, 2.75) is 70.5 Å². The zero-order chi connectivity index (χ0) is 13.2. The molecule has 0 amide bonds. The minimum absolute atomic E-state index is 0.310. The zero-order valence-corrected chi connectivity index (χ0v) is 12.1. The molecule has 0 aromatic rings. The molecule has 0 aromatic heterocycles. The van der Waals surface area contributed by atoms with E-state index >= 15 is 0 Å². The smallest absolute Gasteiger partial charge is 0.104 e. The van der Waals surface area contributed by atoms with Gasteiger partial charge in [0.25, 0.3) is 0 Å². The van der Waals surface area contributed by atoms with Crippen LogP contribution in [0.3, 0.4) is 0 Å². The van der Waals surface area contributed by atoms with Crippen molar-refractivity contribution in [3.63, 3.8) is 0 Å². The molecule has 0 bridgehead atoms. The Kier molecular flexibility index (Phi) is 4.29. The Bertz CT molecular complexity index is 318. The summed E-state index contributed by atoms with van der Waals surface area (Å²) in [5.41, 5.74) is -0.310. The van der Waals surface area contributed by atoms with E-state index in [4.69, 9.17) is 0 Å². The van der Waals surface area contributed by atoms with Crippen LogP contribution in [-0.4, -0.2) is 35.6 Å². The number of hydrogen-bond acceptors (Lipinski definition) is 3. The predicted octanol–water partition coefficient (Wildman–Crippen LogP) is 2.53. The monoisotopic (exact) mass is 249 g/mol. The van der Waals surface area contributed by atoms with Crippen LogP contribution in [0, 0.1) is 17.2 Å². The van der Waals surface area contributed by atoms with Crippen LogP contribution in [0.15, 0.2) is 0 Å². The number of nitrogens with zero attached hydrogens (tertiary/aromatic N) is 2. The van der Waals surface area contributed by atoms with E-state index in [0.717, 1.165) is 31.3 Å². The Hall–Kier alpha value is -0.590. The molecule has 0 spiro atoms. The highest BCUT2D eigenvalue weighted by Gasteiger charge is 2.32. The molecule has 3 nitrogen and oxygen atoms in total. The van der Waals surface area contributed by atoms with E-state index < -0.39 is 0 Å². The minimum Gasteiger partial charge on any atom is -0.300 e. The summed E-state index contributed by atoms with van der Waals surface area (Å²) in [5, 5.41) is 12.8. The second kappa shape index (κ2) is 5.59. The van der Waals surface area contributed by atoms with Crippen LogP contribution in [0.1, 0.15) is 52.9 Å². The fraction of sp³-hybridized carbons (Fsp3) is 0.933. The lowest BCUT2D eigenvalue weighted by atomic mass is 9.97. The molecule has 1 saturated heterocycles. The lowest BCUT2D eigenvalue weighted by Gasteiger charge is -2.26. The highest BCUT2D eigenvalue weighted by atomic mass is 15.2. The molecule has 1 saturated carbocycles. The van der Waals surface area contributed by atoms with Gasteiger partial charge in [0, 0.05) is 18.6 Å². The van der Waals surface area contributed by atoms with Crippen molar-refractivity contribution < 1.29 is 0 Å². The molecule has 1 aliphatic carbocycles. The fourth-order valence-corrected chi connectivity index (χ4v) is 3.17. The number of likely N-dealkylation sites (tertiary alicyclic amines) is 1. The molecule has 3 atom stereocenters. The summed E-state index contributed by atoms with van der Waals surface area (Å²) in [6, 6.07) is 3.80. The Morgan fingerprint density at radius 2 is 2.11 bits per heavy atom. The third-order valence-corrected chi connectivity index (χ3v) is 4.38. The summed E-state index contributed by atoms with van der Waals surface area (Å²) in [6.45, 7) is 9.11. The van der Waals surface area contributed by atoms with Crippen LogP contribution in [-0.2, 0) is 0 Å². The predicted molar refractivity (Wildman–Crippen MR) is 74.2 cm³/mol. The molecule has 3 unspecified atom stereocenters. The lowest BCUT2D eigenvalue weighted by Crippen LogP contribution is -2.43. The highest BCUT2D eigenvalue weighted by Crippen LogP contribution is 2.26. The van der Waals surface area contributed by atoms with Gasteiger partial charge in [0.05, 0.1) is 6.07 Å². The first-order valence-electron chi connectivity index (χ1n) is 7.45. The second-order valence-electron chi connectivity index (χ2n) is 6.65. The van der Waals surface area contributed by atoms with Crippen molar-refractivity contribution in [1.29, 1.82) is 5.26 Å². The van der Waals surface area contributed by atoms with E-state index in [2.05, 4.69) is 37.1 Å². The molecule has 2 rings (SSSR count). The summed E-state index contributed by atoms with van der Waals surface area (Å²) in [7, 11) is 0. The second-order valence-corrected chi connectivity index (χ2v) is 6.65. The van der Waals surface area contributed by atoms with Crippen LogP contribution < -0.4 is 5.32 Å². The molecule has 18 heavy (non-hydrogen) atoms. The molecule has 1 N–H and O–H groups in total. The van der Waals surface area contributed by atoms with Crippen LogP contribution in [0.2, 0.25) is 0 Å². The maximum absolute atomic E-state index is 9.32. The first-order valence-corrected chi connectivity index (χ1v) is 7.45. The van der Waals surface area contributed by atoms with Gasteiger partial charge in [0.2, 0.25) is 0 Å². The topological polar surface area (TPSA) is 39.1 Å². The van der Waals surface area contributed by atoms with Gasteiger partial charge in [-0.1, -0.05) is 6.92 Å². The third-order valence-electron chi connectivity index (χ3n) is 4.38. The van der Waals surface area contributed by atoms with Crippen LogP contribution in [0.4, 0.5) is 0 Å². The SMILES string of the molecule is CC1CC(C)N(CCCC(C)(C#N)NC2CC2)C1. The van der Waals surface area contributed by atoms with Gasteiger partial charge in [-0.2, -0.15) is 5.26 Å². The van der Waals surface area contributed by atoms with E-state index in [1.54, 1.807) is 0 Å². The van der Waals surface area contributed by atoms with E-state index in [1.807, 2.05) is 0 Å². The molecule has 2 fully saturated rings. The zero-order valence-electron chi connectivity index (χ0n) is 12.1. The molecule has 102 valence electrons. The van der Waals surface area contributed by atoms with E-state index in [1.165, 1.54) is 25.8 Å². The van der Waals surface area contributed by atoms with Crippen molar-refractivity contribution in [3.8, 4) is 6.07 Å². The molecule has 1 heterocycles. The molecule has 3 heteroatoms. The molecule has 0 radical (unpaired) electrons. The Morgan fingerprint density at radius 1 is 1.39 bits per heavy atom. The Morgan fingerprint density at radius 3 is 2.61 bits per heavy atom. The Labute approximate surface area is 112 Å². The van der Waals surface area contributed by atoms with Gasteiger partial charge in [-0.3, -0.25) is 5.32 Å². The molecule has 2 aliphatic rings.